The molecular weight excluding hydrogens is 356 g/mol. The molecule has 2 amide bonds. The van der Waals surface area contributed by atoms with Crippen LogP contribution in [0.15, 0.2) is 53.5 Å². The van der Waals surface area contributed by atoms with Crippen molar-refractivity contribution < 1.29 is 31.8 Å². The zero-order chi connectivity index (χ0) is 19.2. The Bertz CT molecular complexity index is 789. The van der Waals surface area contributed by atoms with Gasteiger partial charge in [0.2, 0.25) is 5.90 Å². The second-order valence-electron chi connectivity index (χ2n) is 4.83. The molecule has 0 bridgehead atoms. The first-order valence-corrected chi connectivity index (χ1v) is 7.41. The number of carbonyl (C=O) groups excluding carboxylic acids is 1. The van der Waals surface area contributed by atoms with Crippen molar-refractivity contribution in [2.24, 2.45) is 4.99 Å². The summed E-state index contributed by atoms with van der Waals surface area (Å²) in [4.78, 5) is 15.7. The van der Waals surface area contributed by atoms with Crippen LogP contribution in [0.5, 0.6) is 5.75 Å². The smallest absolute Gasteiger partial charge is 0.477 e. The fourth-order valence-electron chi connectivity index (χ4n) is 1.93. The predicted molar refractivity (Wildman–Crippen MR) is 86.7 cm³/mol. The fraction of sp³-hybridized carbons (Fsp3) is 0.176. The van der Waals surface area contributed by atoms with Crippen LogP contribution in [-0.4, -0.2) is 24.9 Å². The Labute approximate surface area is 146 Å². The molecule has 5 nitrogen and oxygen atoms in total. The van der Waals surface area contributed by atoms with Crippen molar-refractivity contribution in [2.45, 2.75) is 13.3 Å². The number of benzene rings is 2. The van der Waals surface area contributed by atoms with Gasteiger partial charge in [-0.05, 0) is 43.3 Å². The number of ether oxygens (including phenoxy) is 2. The first-order valence-electron chi connectivity index (χ1n) is 7.41. The molecular formula is C17H14F4N2O3. The zero-order valence-electron chi connectivity index (χ0n) is 13.5. The summed E-state index contributed by atoms with van der Waals surface area (Å²) in [5.41, 5.74) is 0.191. The van der Waals surface area contributed by atoms with E-state index in [1.165, 1.54) is 30.3 Å². The number of aliphatic imine (C=N–C) groups is 1. The fourth-order valence-corrected chi connectivity index (χ4v) is 1.93. The molecule has 2 rings (SSSR count). The van der Waals surface area contributed by atoms with E-state index in [1.54, 1.807) is 13.0 Å². The summed E-state index contributed by atoms with van der Waals surface area (Å²) in [6.07, 6.45) is -4.80. The summed E-state index contributed by atoms with van der Waals surface area (Å²) >= 11 is 0. The minimum absolute atomic E-state index is 0.0124. The molecule has 26 heavy (non-hydrogen) atoms. The maximum absolute atomic E-state index is 13.8. The average Bonchev–Trinajstić information content (AvgIpc) is 2.55. The van der Waals surface area contributed by atoms with Gasteiger partial charge < -0.3 is 14.8 Å². The molecule has 0 aliphatic heterocycles. The molecule has 0 heterocycles. The Balaban J connectivity index is 2.12. The highest BCUT2D eigenvalue weighted by atomic mass is 19.4. The van der Waals surface area contributed by atoms with Crippen LogP contribution in [0.1, 0.15) is 12.5 Å². The van der Waals surface area contributed by atoms with Gasteiger partial charge in [-0.3, -0.25) is 0 Å². The number of rotatable bonds is 4. The number of nitrogens with zero attached hydrogens (tertiary/aromatic N) is 1. The molecule has 0 spiro atoms. The summed E-state index contributed by atoms with van der Waals surface area (Å²) in [5, 5.41) is 2.34. The van der Waals surface area contributed by atoms with Crippen molar-refractivity contribution >= 4 is 17.6 Å². The number of urea groups is 1. The first kappa shape index (κ1) is 19.2. The summed E-state index contributed by atoms with van der Waals surface area (Å²) in [7, 11) is 0. The minimum Gasteiger partial charge on any atom is -0.477 e. The van der Waals surface area contributed by atoms with Crippen LogP contribution < -0.4 is 10.1 Å². The van der Waals surface area contributed by atoms with Crippen molar-refractivity contribution in [1.82, 2.24) is 0 Å². The van der Waals surface area contributed by atoms with Crippen molar-refractivity contribution in [1.29, 1.82) is 0 Å². The normalized spacial score (nSPS) is 11.8. The van der Waals surface area contributed by atoms with Crippen LogP contribution in [0, 0.1) is 5.82 Å². The number of nitrogens with one attached hydrogen (secondary N) is 1. The van der Waals surface area contributed by atoms with Gasteiger partial charge >= 0.3 is 12.4 Å². The highest BCUT2D eigenvalue weighted by Gasteiger charge is 2.30. The second kappa shape index (κ2) is 8.32. The summed E-state index contributed by atoms with van der Waals surface area (Å²) in [6.45, 7) is 1.80. The molecule has 2 aromatic carbocycles. The third kappa shape index (κ3) is 5.76. The summed E-state index contributed by atoms with van der Waals surface area (Å²) in [5.74, 6) is -1.25. The predicted octanol–water partition coefficient (Wildman–Crippen LogP) is 4.74. The standard InChI is InChI=1S/C17H14F4N2O3/c1-2-25-15(13-5-3-4-6-14(13)18)23-16(24)22-11-7-9-12(10-8-11)26-17(19,20)21/h3-10H,2H2,1H3,(H,22,24)/b23-15-. The molecule has 9 heteroatoms. The van der Waals surface area contributed by atoms with E-state index in [1.807, 2.05) is 0 Å². The van der Waals surface area contributed by atoms with Crippen molar-refractivity contribution in [3.05, 3.63) is 59.9 Å². The lowest BCUT2D eigenvalue weighted by molar-refractivity contribution is -0.274. The maximum Gasteiger partial charge on any atom is 0.573 e. The van der Waals surface area contributed by atoms with E-state index in [0.717, 1.165) is 12.1 Å². The maximum atomic E-state index is 13.8. The molecule has 2 aromatic rings. The van der Waals surface area contributed by atoms with Gasteiger partial charge in [0, 0.05) is 5.69 Å². The van der Waals surface area contributed by atoms with E-state index in [4.69, 9.17) is 4.74 Å². The van der Waals surface area contributed by atoms with Crippen molar-refractivity contribution in [3.63, 3.8) is 0 Å². The van der Waals surface area contributed by atoms with Crippen LogP contribution in [0.25, 0.3) is 0 Å². The van der Waals surface area contributed by atoms with Gasteiger partial charge in [0.1, 0.15) is 11.6 Å². The lowest BCUT2D eigenvalue weighted by atomic mass is 10.2. The van der Waals surface area contributed by atoms with Crippen LogP contribution in [0.2, 0.25) is 0 Å². The zero-order valence-corrected chi connectivity index (χ0v) is 13.5. The van der Waals surface area contributed by atoms with Gasteiger partial charge in [-0.25, -0.2) is 9.18 Å². The SMILES string of the molecule is CCO/C(=N\C(=O)Nc1ccc(OC(F)(F)F)cc1)c1ccccc1F. The Morgan fingerprint density at radius 2 is 1.77 bits per heavy atom. The Morgan fingerprint density at radius 3 is 2.35 bits per heavy atom. The lowest BCUT2D eigenvalue weighted by Crippen LogP contribution is -2.17. The van der Waals surface area contributed by atoms with E-state index in [-0.39, 0.29) is 23.8 Å². The number of hydrogen-bond donors (Lipinski definition) is 1. The van der Waals surface area contributed by atoms with E-state index < -0.39 is 24.0 Å². The Morgan fingerprint density at radius 1 is 1.12 bits per heavy atom. The van der Waals surface area contributed by atoms with Crippen LogP contribution in [0.3, 0.4) is 0 Å². The first-order chi connectivity index (χ1) is 12.3. The number of carbonyl (C=O) groups is 1. The Hall–Kier alpha value is -3.10. The molecule has 0 saturated heterocycles. The van der Waals surface area contributed by atoms with Crippen molar-refractivity contribution in [2.75, 3.05) is 11.9 Å². The number of alkyl halides is 3. The van der Waals surface area contributed by atoms with Gasteiger partial charge in [-0.1, -0.05) is 12.1 Å². The van der Waals surface area contributed by atoms with Gasteiger partial charge in [-0.15, -0.1) is 13.2 Å². The number of anilines is 1. The molecule has 0 radical (unpaired) electrons. The largest absolute Gasteiger partial charge is 0.573 e. The van der Waals surface area contributed by atoms with E-state index >= 15 is 0 Å². The molecule has 0 aromatic heterocycles. The van der Waals surface area contributed by atoms with E-state index in [0.29, 0.717) is 0 Å². The topological polar surface area (TPSA) is 59.9 Å². The number of amides is 2. The molecule has 0 aliphatic rings. The molecule has 0 unspecified atom stereocenters. The molecule has 1 N–H and O–H groups in total. The minimum atomic E-state index is -4.80. The lowest BCUT2D eigenvalue weighted by Gasteiger charge is -2.10. The number of halogens is 4. The molecule has 0 atom stereocenters. The molecule has 138 valence electrons. The van der Waals surface area contributed by atoms with Gasteiger partial charge in [0.05, 0.1) is 12.2 Å². The Kier molecular flexibility index (Phi) is 6.16. The van der Waals surface area contributed by atoms with Gasteiger partial charge in [0.15, 0.2) is 0 Å². The number of hydrogen-bond acceptors (Lipinski definition) is 3. The highest BCUT2D eigenvalue weighted by molar-refractivity contribution is 6.04. The van der Waals surface area contributed by atoms with Gasteiger partial charge in [-0.2, -0.15) is 4.99 Å². The summed E-state index contributed by atoms with van der Waals surface area (Å²) < 4.78 is 59.1. The molecule has 0 aliphatic carbocycles. The van der Waals surface area contributed by atoms with Crippen LogP contribution >= 0.6 is 0 Å². The van der Waals surface area contributed by atoms with E-state index in [9.17, 15) is 22.4 Å². The molecule has 0 fully saturated rings. The third-order valence-electron chi connectivity index (χ3n) is 2.93. The third-order valence-corrected chi connectivity index (χ3v) is 2.93. The average molecular weight is 370 g/mol. The highest BCUT2D eigenvalue weighted by Crippen LogP contribution is 2.24. The monoisotopic (exact) mass is 370 g/mol. The molecule has 0 saturated carbocycles. The van der Waals surface area contributed by atoms with Gasteiger partial charge in [0.25, 0.3) is 0 Å². The van der Waals surface area contributed by atoms with Crippen LogP contribution in [-0.2, 0) is 4.74 Å². The van der Waals surface area contributed by atoms with E-state index in [2.05, 4.69) is 15.0 Å². The van der Waals surface area contributed by atoms with Crippen molar-refractivity contribution in [3.8, 4) is 5.75 Å². The van der Waals surface area contributed by atoms with Crippen LogP contribution in [0.4, 0.5) is 28.0 Å². The quantitative estimate of drug-likeness (QED) is 0.480. The second-order valence-corrected chi connectivity index (χ2v) is 4.83. The summed E-state index contributed by atoms with van der Waals surface area (Å²) in [6, 6.07) is 9.25.